The first kappa shape index (κ1) is 18.4. The van der Waals surface area contributed by atoms with Crippen LogP contribution in [0.25, 0.3) is 0 Å². The molecule has 2 aromatic carbocycles. The summed E-state index contributed by atoms with van der Waals surface area (Å²) in [5.74, 6) is -0.203. The normalized spacial score (nSPS) is 10.2. The number of carbonyl (C=O) groups is 2. The highest BCUT2D eigenvalue weighted by Gasteiger charge is 2.12. The van der Waals surface area contributed by atoms with Gasteiger partial charge in [-0.1, -0.05) is 17.7 Å². The molecule has 0 bridgehead atoms. The molecule has 2 aromatic rings. The van der Waals surface area contributed by atoms with Crippen LogP contribution in [0.3, 0.4) is 0 Å². The molecule has 0 aliphatic heterocycles. The number of nitrogens with one attached hydrogen (secondary N) is 1. The van der Waals surface area contributed by atoms with Crippen molar-refractivity contribution in [1.82, 2.24) is 5.32 Å². The fourth-order valence-corrected chi connectivity index (χ4v) is 2.23. The first-order valence-electron chi connectivity index (χ1n) is 7.95. The maximum absolute atomic E-state index is 13.0. The standard InChI is InChI=1S/C19H21FN2O3/c1-14-3-9-18(10-4-14)25-13-19(24)21-11-12-22(15(2)23)17-7-5-16(20)6-8-17/h3-10H,11-13H2,1-2H3,(H,21,24). The molecule has 0 saturated heterocycles. The van der Waals surface area contributed by atoms with Gasteiger partial charge in [-0.2, -0.15) is 0 Å². The Labute approximate surface area is 146 Å². The average molecular weight is 344 g/mol. The average Bonchev–Trinajstić information content (AvgIpc) is 2.59. The minimum absolute atomic E-state index is 0.0975. The van der Waals surface area contributed by atoms with Gasteiger partial charge in [0.05, 0.1) is 0 Å². The summed E-state index contributed by atoms with van der Waals surface area (Å²) in [7, 11) is 0. The first-order valence-corrected chi connectivity index (χ1v) is 7.95. The lowest BCUT2D eigenvalue weighted by atomic mass is 10.2. The summed E-state index contributed by atoms with van der Waals surface area (Å²) in [6.45, 7) is 3.86. The van der Waals surface area contributed by atoms with Gasteiger partial charge in [0.15, 0.2) is 6.61 Å². The lowest BCUT2D eigenvalue weighted by molar-refractivity contribution is -0.123. The highest BCUT2D eigenvalue weighted by molar-refractivity contribution is 5.91. The van der Waals surface area contributed by atoms with Crippen molar-refractivity contribution in [3.8, 4) is 5.75 Å². The number of carbonyl (C=O) groups excluding carboxylic acids is 2. The van der Waals surface area contributed by atoms with Crippen molar-refractivity contribution in [2.24, 2.45) is 0 Å². The zero-order valence-corrected chi connectivity index (χ0v) is 14.3. The molecule has 0 atom stereocenters. The van der Waals surface area contributed by atoms with Crippen molar-refractivity contribution in [1.29, 1.82) is 0 Å². The van der Waals surface area contributed by atoms with Crippen LogP contribution in [0.1, 0.15) is 12.5 Å². The van der Waals surface area contributed by atoms with Gasteiger partial charge < -0.3 is 15.0 Å². The molecule has 6 heteroatoms. The quantitative estimate of drug-likeness (QED) is 0.840. The molecule has 0 heterocycles. The predicted molar refractivity (Wildman–Crippen MR) is 94.1 cm³/mol. The second-order valence-corrected chi connectivity index (χ2v) is 5.60. The van der Waals surface area contributed by atoms with Gasteiger partial charge in [-0.05, 0) is 43.3 Å². The zero-order valence-electron chi connectivity index (χ0n) is 14.3. The number of rotatable bonds is 7. The summed E-state index contributed by atoms with van der Waals surface area (Å²) >= 11 is 0. The maximum Gasteiger partial charge on any atom is 0.258 e. The van der Waals surface area contributed by atoms with Crippen molar-refractivity contribution in [3.63, 3.8) is 0 Å². The van der Waals surface area contributed by atoms with Crippen LogP contribution in [0.4, 0.5) is 10.1 Å². The Bertz CT molecular complexity index is 714. The van der Waals surface area contributed by atoms with Crippen molar-refractivity contribution in [2.45, 2.75) is 13.8 Å². The molecule has 5 nitrogen and oxygen atoms in total. The predicted octanol–water partition coefficient (Wildman–Crippen LogP) is 2.68. The zero-order chi connectivity index (χ0) is 18.2. The first-order chi connectivity index (χ1) is 12.0. The van der Waals surface area contributed by atoms with Crippen molar-refractivity contribution in [2.75, 3.05) is 24.6 Å². The molecule has 0 aliphatic carbocycles. The van der Waals surface area contributed by atoms with Crippen LogP contribution in [0, 0.1) is 12.7 Å². The lowest BCUT2D eigenvalue weighted by Crippen LogP contribution is -2.39. The molecule has 0 radical (unpaired) electrons. The Morgan fingerprint density at radius 3 is 2.32 bits per heavy atom. The van der Waals surface area contributed by atoms with Crippen molar-refractivity contribution in [3.05, 3.63) is 59.9 Å². The van der Waals surface area contributed by atoms with Gasteiger partial charge in [-0.3, -0.25) is 9.59 Å². The highest BCUT2D eigenvalue weighted by Crippen LogP contribution is 2.14. The number of halogens is 1. The van der Waals surface area contributed by atoms with E-state index in [1.54, 1.807) is 12.1 Å². The topological polar surface area (TPSA) is 58.6 Å². The van der Waals surface area contributed by atoms with E-state index in [1.807, 2.05) is 19.1 Å². The molecule has 1 N–H and O–H groups in total. The number of hydrogen-bond donors (Lipinski definition) is 1. The fraction of sp³-hybridized carbons (Fsp3) is 0.263. The monoisotopic (exact) mass is 344 g/mol. The van der Waals surface area contributed by atoms with E-state index < -0.39 is 0 Å². The molecule has 2 rings (SSSR count). The molecule has 25 heavy (non-hydrogen) atoms. The maximum atomic E-state index is 13.0. The van der Waals surface area contributed by atoms with Crippen LogP contribution in [-0.2, 0) is 9.59 Å². The third kappa shape index (κ3) is 5.91. The Balaban J connectivity index is 1.79. The molecule has 0 aromatic heterocycles. The summed E-state index contributed by atoms with van der Waals surface area (Å²) in [6, 6.07) is 13.0. The highest BCUT2D eigenvalue weighted by atomic mass is 19.1. The van der Waals surface area contributed by atoms with Crippen LogP contribution in [0.15, 0.2) is 48.5 Å². The molecule has 0 fully saturated rings. The molecule has 0 aliphatic rings. The summed E-state index contributed by atoms with van der Waals surface area (Å²) in [5.41, 5.74) is 1.70. The van der Waals surface area contributed by atoms with E-state index in [0.717, 1.165) is 5.56 Å². The number of amides is 2. The molecule has 132 valence electrons. The van der Waals surface area contributed by atoms with Crippen molar-refractivity contribution < 1.29 is 18.7 Å². The lowest BCUT2D eigenvalue weighted by Gasteiger charge is -2.21. The van der Waals surface area contributed by atoms with Gasteiger partial charge in [-0.25, -0.2) is 4.39 Å². The molecule has 2 amide bonds. The summed E-state index contributed by atoms with van der Waals surface area (Å²) < 4.78 is 18.4. The third-order valence-corrected chi connectivity index (χ3v) is 3.57. The van der Waals surface area contributed by atoms with Crippen LogP contribution in [-0.4, -0.2) is 31.5 Å². The SMILES string of the molecule is CC(=O)N(CCNC(=O)COc1ccc(C)cc1)c1ccc(F)cc1. The number of aryl methyl sites for hydroxylation is 1. The molecule has 0 saturated carbocycles. The number of benzene rings is 2. The third-order valence-electron chi connectivity index (χ3n) is 3.57. The largest absolute Gasteiger partial charge is 0.484 e. The Morgan fingerprint density at radius 2 is 1.72 bits per heavy atom. The van der Waals surface area contributed by atoms with E-state index in [9.17, 15) is 14.0 Å². The minimum atomic E-state index is -0.367. The van der Waals surface area contributed by atoms with Gasteiger partial charge in [0, 0.05) is 25.7 Å². The van der Waals surface area contributed by atoms with E-state index in [2.05, 4.69) is 5.32 Å². The van der Waals surface area contributed by atoms with Crippen LogP contribution < -0.4 is 15.0 Å². The Kier molecular flexibility index (Phi) is 6.51. The van der Waals surface area contributed by atoms with Gasteiger partial charge in [0.25, 0.3) is 5.91 Å². The van der Waals surface area contributed by atoms with Crippen LogP contribution in [0.2, 0.25) is 0 Å². The Hall–Kier alpha value is -2.89. The summed E-state index contributed by atoms with van der Waals surface area (Å²) in [6.07, 6.45) is 0. The number of hydrogen-bond acceptors (Lipinski definition) is 3. The smallest absolute Gasteiger partial charge is 0.258 e. The molecule has 0 spiro atoms. The van der Waals surface area contributed by atoms with Gasteiger partial charge in [0.1, 0.15) is 11.6 Å². The number of ether oxygens (including phenoxy) is 1. The van der Waals surface area contributed by atoms with Crippen LogP contribution in [0.5, 0.6) is 5.75 Å². The number of nitrogens with zero attached hydrogens (tertiary/aromatic N) is 1. The van der Waals surface area contributed by atoms with Gasteiger partial charge >= 0.3 is 0 Å². The second-order valence-electron chi connectivity index (χ2n) is 5.60. The van der Waals surface area contributed by atoms with E-state index in [4.69, 9.17) is 4.74 Å². The van der Waals surface area contributed by atoms with Crippen molar-refractivity contribution >= 4 is 17.5 Å². The van der Waals surface area contributed by atoms with Gasteiger partial charge in [-0.15, -0.1) is 0 Å². The number of anilines is 1. The van der Waals surface area contributed by atoms with E-state index >= 15 is 0 Å². The second kappa shape index (κ2) is 8.82. The minimum Gasteiger partial charge on any atom is -0.484 e. The fourth-order valence-electron chi connectivity index (χ4n) is 2.23. The molecular weight excluding hydrogens is 323 g/mol. The van der Waals surface area contributed by atoms with E-state index in [0.29, 0.717) is 11.4 Å². The van der Waals surface area contributed by atoms with Crippen LogP contribution >= 0.6 is 0 Å². The molecular formula is C19H21FN2O3. The summed E-state index contributed by atoms with van der Waals surface area (Å²) in [4.78, 5) is 25.0. The Morgan fingerprint density at radius 1 is 1.08 bits per heavy atom. The van der Waals surface area contributed by atoms with Gasteiger partial charge in [0.2, 0.25) is 5.91 Å². The molecule has 0 unspecified atom stereocenters. The van der Waals surface area contributed by atoms with E-state index in [-0.39, 0.29) is 37.3 Å². The van der Waals surface area contributed by atoms with E-state index in [1.165, 1.54) is 36.1 Å². The summed E-state index contributed by atoms with van der Waals surface area (Å²) in [5, 5.41) is 2.70.